The lowest BCUT2D eigenvalue weighted by atomic mass is 10.2. The largest absolute Gasteiger partial charge is 0.483 e. The summed E-state index contributed by atoms with van der Waals surface area (Å²) >= 11 is 5.79. The van der Waals surface area contributed by atoms with Crippen molar-refractivity contribution in [2.45, 2.75) is 6.61 Å². The number of hydrogen-bond acceptors (Lipinski definition) is 3. The van der Waals surface area contributed by atoms with Crippen LogP contribution in [0, 0.1) is 5.41 Å². The second-order valence-electron chi connectivity index (χ2n) is 2.75. The lowest BCUT2D eigenvalue weighted by Gasteiger charge is -2.04. The van der Waals surface area contributed by atoms with Crippen molar-refractivity contribution >= 4 is 17.5 Å². The van der Waals surface area contributed by atoms with Crippen molar-refractivity contribution in [1.29, 1.82) is 5.41 Å². The van der Waals surface area contributed by atoms with Crippen molar-refractivity contribution in [2.75, 3.05) is 13.7 Å². The topological polar surface area (TPSA) is 42.3 Å². The summed E-state index contributed by atoms with van der Waals surface area (Å²) in [6, 6.07) is 7.42. The van der Waals surface area contributed by atoms with Gasteiger partial charge in [-0.1, -0.05) is 23.7 Å². The van der Waals surface area contributed by atoms with Gasteiger partial charge in [0.1, 0.15) is 6.61 Å². The highest BCUT2D eigenvalue weighted by molar-refractivity contribution is 6.30. The fourth-order valence-corrected chi connectivity index (χ4v) is 1.16. The molecule has 0 unspecified atom stereocenters. The molecule has 0 radical (unpaired) electrons. The Morgan fingerprint density at radius 1 is 1.50 bits per heavy atom. The summed E-state index contributed by atoms with van der Waals surface area (Å²) in [7, 11) is 1.45. The van der Waals surface area contributed by atoms with Gasteiger partial charge in [0.25, 0.3) is 0 Å². The number of methoxy groups -OCH3 is 1. The van der Waals surface area contributed by atoms with Gasteiger partial charge in [0.2, 0.25) is 5.90 Å². The van der Waals surface area contributed by atoms with Crippen molar-refractivity contribution in [3.05, 3.63) is 34.9 Å². The predicted octanol–water partition coefficient (Wildman–Crippen LogP) is 2.48. The molecule has 1 N–H and O–H groups in total. The van der Waals surface area contributed by atoms with Crippen molar-refractivity contribution in [3.63, 3.8) is 0 Å². The van der Waals surface area contributed by atoms with E-state index < -0.39 is 0 Å². The maximum Gasteiger partial charge on any atom is 0.206 e. The number of halogens is 1. The van der Waals surface area contributed by atoms with Crippen LogP contribution in [-0.4, -0.2) is 19.6 Å². The van der Waals surface area contributed by atoms with Gasteiger partial charge >= 0.3 is 0 Å². The van der Waals surface area contributed by atoms with E-state index in [9.17, 15) is 0 Å². The summed E-state index contributed by atoms with van der Waals surface area (Å²) in [5.74, 6) is 0.118. The Hall–Kier alpha value is -1.06. The minimum absolute atomic E-state index is 0.118. The normalized spacial score (nSPS) is 9.86. The van der Waals surface area contributed by atoms with E-state index in [-0.39, 0.29) is 12.5 Å². The fraction of sp³-hybridized carbons (Fsp3) is 0.300. The Balaban J connectivity index is 2.35. The first-order valence-corrected chi connectivity index (χ1v) is 4.54. The summed E-state index contributed by atoms with van der Waals surface area (Å²) in [4.78, 5) is 0. The maximum atomic E-state index is 7.17. The Bertz CT molecular complexity index is 315. The van der Waals surface area contributed by atoms with Crippen LogP contribution in [0.15, 0.2) is 24.3 Å². The Morgan fingerprint density at radius 3 is 2.93 bits per heavy atom. The molecule has 3 nitrogen and oxygen atoms in total. The second kappa shape index (κ2) is 5.62. The monoisotopic (exact) mass is 213 g/mol. The van der Waals surface area contributed by atoms with E-state index in [0.717, 1.165) is 5.56 Å². The van der Waals surface area contributed by atoms with Crippen LogP contribution >= 0.6 is 11.6 Å². The van der Waals surface area contributed by atoms with E-state index >= 15 is 0 Å². The average molecular weight is 214 g/mol. The zero-order valence-corrected chi connectivity index (χ0v) is 8.67. The van der Waals surface area contributed by atoms with E-state index in [1.54, 1.807) is 0 Å². The molecule has 76 valence electrons. The molecule has 4 heteroatoms. The van der Waals surface area contributed by atoms with Gasteiger partial charge in [-0.05, 0) is 17.7 Å². The first-order valence-electron chi connectivity index (χ1n) is 4.16. The van der Waals surface area contributed by atoms with E-state index in [4.69, 9.17) is 21.7 Å². The third kappa shape index (κ3) is 3.77. The summed E-state index contributed by atoms with van der Waals surface area (Å²) in [5.41, 5.74) is 0.987. The third-order valence-corrected chi connectivity index (χ3v) is 1.87. The van der Waals surface area contributed by atoms with Crippen LogP contribution in [0.3, 0.4) is 0 Å². The van der Waals surface area contributed by atoms with E-state index in [1.807, 2.05) is 24.3 Å². The summed E-state index contributed by atoms with van der Waals surface area (Å²) < 4.78 is 9.86. The van der Waals surface area contributed by atoms with Gasteiger partial charge in [-0.3, -0.25) is 5.41 Å². The molecule has 0 bridgehead atoms. The molecule has 0 heterocycles. The third-order valence-electron chi connectivity index (χ3n) is 1.64. The van der Waals surface area contributed by atoms with Gasteiger partial charge in [0.15, 0.2) is 0 Å². The van der Waals surface area contributed by atoms with Gasteiger partial charge < -0.3 is 9.47 Å². The molecular weight excluding hydrogens is 202 g/mol. The molecule has 0 aliphatic rings. The maximum absolute atomic E-state index is 7.17. The van der Waals surface area contributed by atoms with Crippen LogP contribution in [0.4, 0.5) is 0 Å². The first kappa shape index (κ1) is 11.0. The van der Waals surface area contributed by atoms with E-state index in [2.05, 4.69) is 4.74 Å². The molecule has 14 heavy (non-hydrogen) atoms. The SMILES string of the molecule is COC(=N)COCc1cccc(Cl)c1. The smallest absolute Gasteiger partial charge is 0.206 e. The van der Waals surface area contributed by atoms with Crippen molar-refractivity contribution < 1.29 is 9.47 Å². The molecule has 0 spiro atoms. The van der Waals surface area contributed by atoms with Gasteiger partial charge in [-0.15, -0.1) is 0 Å². The van der Waals surface area contributed by atoms with Crippen LogP contribution in [-0.2, 0) is 16.1 Å². The Kier molecular flexibility index (Phi) is 4.43. The summed E-state index contributed by atoms with van der Waals surface area (Å²) in [5, 5.41) is 7.86. The summed E-state index contributed by atoms with van der Waals surface area (Å²) in [6.45, 7) is 0.620. The number of benzene rings is 1. The molecule has 0 aliphatic heterocycles. The molecule has 0 fully saturated rings. The van der Waals surface area contributed by atoms with E-state index in [0.29, 0.717) is 11.6 Å². The molecule has 0 saturated carbocycles. The molecule has 0 atom stereocenters. The van der Waals surface area contributed by atoms with Crippen molar-refractivity contribution in [1.82, 2.24) is 0 Å². The van der Waals surface area contributed by atoms with Crippen LogP contribution in [0.1, 0.15) is 5.56 Å². The Labute approximate surface area is 88.1 Å². The van der Waals surface area contributed by atoms with Crippen LogP contribution in [0.5, 0.6) is 0 Å². The van der Waals surface area contributed by atoms with Gasteiger partial charge in [-0.25, -0.2) is 0 Å². The molecule has 1 rings (SSSR count). The van der Waals surface area contributed by atoms with Crippen LogP contribution in [0.2, 0.25) is 5.02 Å². The van der Waals surface area contributed by atoms with Crippen LogP contribution < -0.4 is 0 Å². The van der Waals surface area contributed by atoms with Gasteiger partial charge in [0, 0.05) is 5.02 Å². The lowest BCUT2D eigenvalue weighted by molar-refractivity contribution is 0.142. The lowest BCUT2D eigenvalue weighted by Crippen LogP contribution is -2.09. The van der Waals surface area contributed by atoms with Crippen LogP contribution in [0.25, 0.3) is 0 Å². The number of rotatable bonds is 4. The molecule has 0 aromatic heterocycles. The zero-order chi connectivity index (χ0) is 10.4. The minimum Gasteiger partial charge on any atom is -0.483 e. The first-order chi connectivity index (χ1) is 6.72. The van der Waals surface area contributed by atoms with Gasteiger partial charge in [-0.2, -0.15) is 0 Å². The molecule has 1 aromatic carbocycles. The second-order valence-corrected chi connectivity index (χ2v) is 3.19. The molecular formula is C10H12ClNO2. The van der Waals surface area contributed by atoms with Gasteiger partial charge in [0.05, 0.1) is 13.7 Å². The van der Waals surface area contributed by atoms with Crippen molar-refractivity contribution in [3.8, 4) is 0 Å². The number of ether oxygens (including phenoxy) is 2. The molecule has 0 amide bonds. The Morgan fingerprint density at radius 2 is 2.29 bits per heavy atom. The number of hydrogen-bond donors (Lipinski definition) is 1. The average Bonchev–Trinajstić information content (AvgIpc) is 2.17. The highest BCUT2D eigenvalue weighted by Gasteiger charge is 1.97. The van der Waals surface area contributed by atoms with E-state index in [1.165, 1.54) is 7.11 Å². The summed E-state index contributed by atoms with van der Waals surface area (Å²) in [6.07, 6.45) is 0. The fourth-order valence-electron chi connectivity index (χ4n) is 0.947. The number of nitrogens with one attached hydrogen (secondary N) is 1. The minimum atomic E-state index is 0.118. The zero-order valence-electron chi connectivity index (χ0n) is 7.92. The quantitative estimate of drug-likeness (QED) is 0.617. The van der Waals surface area contributed by atoms with Crippen molar-refractivity contribution in [2.24, 2.45) is 0 Å². The highest BCUT2D eigenvalue weighted by atomic mass is 35.5. The predicted molar refractivity (Wildman–Crippen MR) is 55.8 cm³/mol. The molecule has 1 aromatic rings. The standard InChI is InChI=1S/C10H12ClNO2/c1-13-10(12)7-14-6-8-3-2-4-9(11)5-8/h2-5,12H,6-7H2,1H3. The molecule has 0 aliphatic carbocycles. The highest BCUT2D eigenvalue weighted by Crippen LogP contribution is 2.11. The molecule has 0 saturated heterocycles.